The maximum absolute atomic E-state index is 3.31. The number of hydrogen-bond donors (Lipinski definition) is 1. The summed E-state index contributed by atoms with van der Waals surface area (Å²) in [5.74, 6) is 0. The molecule has 1 N–H and O–H groups in total. The highest BCUT2D eigenvalue weighted by Gasteiger charge is 2.30. The van der Waals surface area contributed by atoms with E-state index in [0.29, 0.717) is 0 Å². The van der Waals surface area contributed by atoms with E-state index in [-0.39, 0.29) is 0 Å². The Labute approximate surface area is 107 Å². The lowest BCUT2D eigenvalue weighted by atomic mass is 9.93. The third-order valence-corrected chi connectivity index (χ3v) is 4.56. The zero-order valence-electron chi connectivity index (χ0n) is 11.6. The van der Waals surface area contributed by atoms with Crippen molar-refractivity contribution in [1.29, 1.82) is 0 Å². The second-order valence-corrected chi connectivity index (χ2v) is 5.81. The quantitative estimate of drug-likeness (QED) is 0.803. The molecule has 2 aliphatic heterocycles. The Morgan fingerprint density at radius 3 is 2.53 bits per heavy atom. The van der Waals surface area contributed by atoms with Crippen LogP contribution in [-0.4, -0.2) is 62.2 Å². The average molecular weight is 239 g/mol. The normalized spacial score (nSPS) is 29.6. The fourth-order valence-corrected chi connectivity index (χ4v) is 3.45. The first-order valence-corrected chi connectivity index (χ1v) is 7.40. The molecular weight excluding hydrogens is 210 g/mol. The van der Waals surface area contributed by atoms with E-state index in [2.05, 4.69) is 29.2 Å². The first-order chi connectivity index (χ1) is 8.31. The highest BCUT2D eigenvalue weighted by Crippen LogP contribution is 2.26. The molecule has 0 spiro atoms. The molecule has 17 heavy (non-hydrogen) atoms. The van der Waals surface area contributed by atoms with Crippen LogP contribution in [0.25, 0.3) is 0 Å². The van der Waals surface area contributed by atoms with Crippen LogP contribution in [0.1, 0.15) is 38.5 Å². The number of piperidine rings is 2. The van der Waals surface area contributed by atoms with Crippen LogP contribution in [0.5, 0.6) is 0 Å². The van der Waals surface area contributed by atoms with Gasteiger partial charge < -0.3 is 10.2 Å². The Morgan fingerprint density at radius 2 is 1.82 bits per heavy atom. The second-order valence-electron chi connectivity index (χ2n) is 5.81. The van der Waals surface area contributed by atoms with Crippen molar-refractivity contribution in [3.8, 4) is 0 Å². The van der Waals surface area contributed by atoms with Gasteiger partial charge in [-0.25, -0.2) is 0 Å². The van der Waals surface area contributed by atoms with Crippen molar-refractivity contribution in [2.45, 2.75) is 50.6 Å². The molecule has 0 amide bonds. The molecule has 0 aliphatic carbocycles. The van der Waals surface area contributed by atoms with E-state index < -0.39 is 0 Å². The smallest absolute Gasteiger partial charge is 0.0122 e. The van der Waals surface area contributed by atoms with Crippen molar-refractivity contribution in [1.82, 2.24) is 15.1 Å². The van der Waals surface area contributed by atoms with Crippen molar-refractivity contribution in [2.75, 3.05) is 40.3 Å². The van der Waals surface area contributed by atoms with E-state index in [1.165, 1.54) is 64.7 Å². The first kappa shape index (κ1) is 13.3. The molecule has 1 atom stereocenters. The molecule has 3 heteroatoms. The predicted molar refractivity (Wildman–Crippen MR) is 73.4 cm³/mol. The largest absolute Gasteiger partial charge is 0.320 e. The van der Waals surface area contributed by atoms with Gasteiger partial charge in [0.2, 0.25) is 0 Å². The lowest BCUT2D eigenvalue weighted by molar-refractivity contribution is 0.0526. The summed E-state index contributed by atoms with van der Waals surface area (Å²) in [6, 6.07) is 1.72. The zero-order valence-corrected chi connectivity index (χ0v) is 11.6. The number of nitrogens with zero attached hydrogens (tertiary/aromatic N) is 2. The Hall–Kier alpha value is -0.120. The monoisotopic (exact) mass is 239 g/mol. The van der Waals surface area contributed by atoms with Gasteiger partial charge in [-0.1, -0.05) is 6.42 Å². The third-order valence-electron chi connectivity index (χ3n) is 4.56. The van der Waals surface area contributed by atoms with Gasteiger partial charge in [0, 0.05) is 12.1 Å². The maximum Gasteiger partial charge on any atom is 0.0122 e. The van der Waals surface area contributed by atoms with Gasteiger partial charge in [0.15, 0.2) is 0 Å². The van der Waals surface area contributed by atoms with E-state index >= 15 is 0 Å². The number of hydrogen-bond acceptors (Lipinski definition) is 3. The van der Waals surface area contributed by atoms with Crippen molar-refractivity contribution >= 4 is 0 Å². The van der Waals surface area contributed by atoms with Crippen molar-refractivity contribution in [3.05, 3.63) is 0 Å². The molecule has 0 bridgehead atoms. The van der Waals surface area contributed by atoms with Gasteiger partial charge in [-0.2, -0.15) is 0 Å². The van der Waals surface area contributed by atoms with Gasteiger partial charge in [-0.05, 0) is 72.4 Å². The standard InChI is InChI=1S/C14H29N3/c1-15-9-6-13-5-3-4-10-17(13)14-7-11-16(2)12-8-14/h13-15H,3-12H2,1-2H3. The topological polar surface area (TPSA) is 18.5 Å². The molecular formula is C14H29N3. The van der Waals surface area contributed by atoms with Crippen LogP contribution < -0.4 is 5.32 Å². The third kappa shape index (κ3) is 3.67. The predicted octanol–water partition coefficient (Wildman–Crippen LogP) is 1.54. The number of rotatable bonds is 4. The highest BCUT2D eigenvalue weighted by molar-refractivity contribution is 4.86. The molecule has 100 valence electrons. The van der Waals surface area contributed by atoms with E-state index in [0.717, 1.165) is 12.1 Å². The summed E-state index contributed by atoms with van der Waals surface area (Å²) < 4.78 is 0. The fraction of sp³-hybridized carbons (Fsp3) is 1.00. The molecule has 3 nitrogen and oxygen atoms in total. The molecule has 2 aliphatic rings. The van der Waals surface area contributed by atoms with Crippen LogP contribution in [0.3, 0.4) is 0 Å². The molecule has 0 aromatic rings. The summed E-state index contributed by atoms with van der Waals surface area (Å²) in [4.78, 5) is 5.32. The Balaban J connectivity index is 1.86. The van der Waals surface area contributed by atoms with E-state index in [1.807, 2.05) is 0 Å². The van der Waals surface area contributed by atoms with Gasteiger partial charge in [0.05, 0.1) is 0 Å². The maximum atomic E-state index is 3.31. The SMILES string of the molecule is CNCCC1CCCCN1C1CCN(C)CC1. The zero-order chi connectivity index (χ0) is 12.1. The van der Waals surface area contributed by atoms with Crippen molar-refractivity contribution in [2.24, 2.45) is 0 Å². The number of likely N-dealkylation sites (tertiary alicyclic amines) is 2. The second kappa shape index (κ2) is 6.72. The minimum Gasteiger partial charge on any atom is -0.320 e. The number of nitrogens with one attached hydrogen (secondary N) is 1. The minimum atomic E-state index is 0.851. The highest BCUT2D eigenvalue weighted by atomic mass is 15.2. The van der Waals surface area contributed by atoms with Gasteiger partial charge in [-0.3, -0.25) is 4.90 Å². The van der Waals surface area contributed by atoms with Crippen LogP contribution in [0.15, 0.2) is 0 Å². The van der Waals surface area contributed by atoms with Gasteiger partial charge >= 0.3 is 0 Å². The Morgan fingerprint density at radius 1 is 1.06 bits per heavy atom. The Kier molecular flexibility index (Phi) is 5.26. The van der Waals surface area contributed by atoms with Gasteiger partial charge in [0.1, 0.15) is 0 Å². The van der Waals surface area contributed by atoms with E-state index in [9.17, 15) is 0 Å². The molecule has 0 radical (unpaired) electrons. The minimum absolute atomic E-state index is 0.851. The molecule has 2 rings (SSSR count). The molecule has 2 fully saturated rings. The van der Waals surface area contributed by atoms with Gasteiger partial charge in [0.25, 0.3) is 0 Å². The molecule has 2 saturated heterocycles. The van der Waals surface area contributed by atoms with Crippen LogP contribution in [0.4, 0.5) is 0 Å². The van der Waals surface area contributed by atoms with E-state index in [4.69, 9.17) is 0 Å². The van der Waals surface area contributed by atoms with Crippen molar-refractivity contribution in [3.63, 3.8) is 0 Å². The summed E-state index contributed by atoms with van der Waals surface area (Å²) in [7, 11) is 4.33. The molecule has 1 unspecified atom stereocenters. The molecule has 0 saturated carbocycles. The van der Waals surface area contributed by atoms with Crippen molar-refractivity contribution < 1.29 is 0 Å². The Bertz CT molecular complexity index is 207. The summed E-state index contributed by atoms with van der Waals surface area (Å²) in [6.07, 6.45) is 8.38. The molecule has 0 aromatic carbocycles. The first-order valence-electron chi connectivity index (χ1n) is 7.40. The molecule has 2 heterocycles. The van der Waals surface area contributed by atoms with Crippen LogP contribution in [0, 0.1) is 0 Å². The summed E-state index contributed by atoms with van der Waals surface area (Å²) in [5.41, 5.74) is 0. The van der Waals surface area contributed by atoms with E-state index in [1.54, 1.807) is 0 Å². The molecule has 0 aromatic heterocycles. The van der Waals surface area contributed by atoms with Crippen LogP contribution >= 0.6 is 0 Å². The fourth-order valence-electron chi connectivity index (χ4n) is 3.45. The van der Waals surface area contributed by atoms with Gasteiger partial charge in [-0.15, -0.1) is 0 Å². The summed E-state index contributed by atoms with van der Waals surface area (Å²) >= 11 is 0. The summed E-state index contributed by atoms with van der Waals surface area (Å²) in [6.45, 7) is 5.11. The lowest BCUT2D eigenvalue weighted by Crippen LogP contribution is -2.51. The van der Waals surface area contributed by atoms with Crippen LogP contribution in [0.2, 0.25) is 0 Å². The van der Waals surface area contributed by atoms with Crippen LogP contribution in [-0.2, 0) is 0 Å². The lowest BCUT2D eigenvalue weighted by Gasteiger charge is -2.44. The average Bonchev–Trinajstić information content (AvgIpc) is 2.38. The summed E-state index contributed by atoms with van der Waals surface area (Å²) in [5, 5.41) is 3.31.